The number of hydrogen-bond donors (Lipinski definition) is 2. The second-order valence-corrected chi connectivity index (χ2v) is 12.5. The molecule has 1 heterocycles. The molecule has 1 aliphatic heterocycles. The molecule has 1 aromatic rings. The molecule has 30 heavy (non-hydrogen) atoms. The van der Waals surface area contributed by atoms with Gasteiger partial charge in [0.05, 0.1) is 9.79 Å². The minimum Gasteiger partial charge on any atom is -0.303 e. The average Bonchev–Trinajstić information content (AvgIpc) is 3.53. The van der Waals surface area contributed by atoms with Gasteiger partial charge in [0.15, 0.2) is 0 Å². The highest BCUT2D eigenvalue weighted by molar-refractivity contribution is 7.90. The Morgan fingerprint density at radius 2 is 1.17 bits per heavy atom. The van der Waals surface area contributed by atoms with Gasteiger partial charge in [-0.3, -0.25) is 0 Å². The standard InChI is InChI=1S/C21H33N3O4S2/c25-29(26,22-18-6-7-18)20-8-10-21(11-9-20)30(27,28)23-19-12-14-24(15-13-19)16-17-4-2-1-3-5-17/h8-11,17-19,22-23H,1-7,12-16H2. The maximum Gasteiger partial charge on any atom is 0.240 e. The van der Waals surface area contributed by atoms with Crippen LogP contribution in [0.4, 0.5) is 0 Å². The van der Waals surface area contributed by atoms with Crippen molar-refractivity contribution in [3.63, 3.8) is 0 Å². The number of benzene rings is 1. The zero-order chi connectivity index (χ0) is 21.2. The zero-order valence-electron chi connectivity index (χ0n) is 17.4. The summed E-state index contributed by atoms with van der Waals surface area (Å²) in [4.78, 5) is 2.69. The molecule has 2 N–H and O–H groups in total. The largest absolute Gasteiger partial charge is 0.303 e. The smallest absolute Gasteiger partial charge is 0.240 e. The van der Waals surface area contributed by atoms with E-state index in [1.807, 2.05) is 0 Å². The van der Waals surface area contributed by atoms with Crippen LogP contribution in [0, 0.1) is 5.92 Å². The lowest BCUT2D eigenvalue weighted by molar-refractivity contribution is 0.161. The Morgan fingerprint density at radius 1 is 0.700 bits per heavy atom. The monoisotopic (exact) mass is 455 g/mol. The van der Waals surface area contributed by atoms with Crippen molar-refractivity contribution >= 4 is 20.0 Å². The number of nitrogens with one attached hydrogen (secondary N) is 2. The topological polar surface area (TPSA) is 95.6 Å². The van der Waals surface area contributed by atoms with Crippen LogP contribution in [-0.2, 0) is 20.0 Å². The SMILES string of the molecule is O=S(=O)(NC1CC1)c1ccc(S(=O)(=O)NC2CCN(CC3CCCCC3)CC2)cc1. The maximum atomic E-state index is 12.8. The van der Waals surface area contributed by atoms with Crippen LogP contribution in [0.1, 0.15) is 57.8 Å². The molecule has 0 bridgehead atoms. The van der Waals surface area contributed by atoms with E-state index in [4.69, 9.17) is 0 Å². The van der Waals surface area contributed by atoms with Crippen LogP contribution >= 0.6 is 0 Å². The summed E-state index contributed by atoms with van der Waals surface area (Å²) in [7, 11) is -7.24. The number of nitrogens with zero attached hydrogens (tertiary/aromatic N) is 1. The molecule has 2 aliphatic carbocycles. The van der Waals surface area contributed by atoms with Crippen molar-refractivity contribution < 1.29 is 16.8 Å². The Bertz CT molecular complexity index is 914. The van der Waals surface area contributed by atoms with E-state index in [0.29, 0.717) is 0 Å². The molecule has 0 atom stereocenters. The molecule has 3 fully saturated rings. The van der Waals surface area contributed by atoms with Gasteiger partial charge in [0, 0.05) is 18.6 Å². The van der Waals surface area contributed by atoms with E-state index in [2.05, 4.69) is 14.3 Å². The summed E-state index contributed by atoms with van der Waals surface area (Å²) in [5.74, 6) is 0.802. The van der Waals surface area contributed by atoms with Crippen molar-refractivity contribution in [3.8, 4) is 0 Å². The molecule has 0 aromatic heterocycles. The van der Waals surface area contributed by atoms with Crippen LogP contribution < -0.4 is 9.44 Å². The molecular weight excluding hydrogens is 422 g/mol. The van der Waals surface area contributed by atoms with Crippen molar-refractivity contribution in [2.45, 2.75) is 79.7 Å². The van der Waals surface area contributed by atoms with Gasteiger partial charge < -0.3 is 4.90 Å². The number of sulfonamides is 2. The van der Waals surface area contributed by atoms with Gasteiger partial charge in [0.25, 0.3) is 0 Å². The van der Waals surface area contributed by atoms with Gasteiger partial charge in [0.1, 0.15) is 0 Å². The fourth-order valence-electron chi connectivity index (χ4n) is 4.54. The van der Waals surface area contributed by atoms with Crippen molar-refractivity contribution in [1.29, 1.82) is 0 Å². The third kappa shape index (κ3) is 5.82. The van der Waals surface area contributed by atoms with Crippen molar-refractivity contribution in [3.05, 3.63) is 24.3 Å². The first-order valence-electron chi connectivity index (χ1n) is 11.2. The van der Waals surface area contributed by atoms with E-state index < -0.39 is 20.0 Å². The van der Waals surface area contributed by atoms with Crippen LogP contribution in [0.5, 0.6) is 0 Å². The van der Waals surface area contributed by atoms with Gasteiger partial charge >= 0.3 is 0 Å². The molecule has 1 aromatic carbocycles. The molecule has 3 aliphatic rings. The van der Waals surface area contributed by atoms with Gasteiger partial charge in [-0.25, -0.2) is 26.3 Å². The lowest BCUT2D eigenvalue weighted by Crippen LogP contribution is -2.45. The fraction of sp³-hybridized carbons (Fsp3) is 0.714. The van der Waals surface area contributed by atoms with Crippen molar-refractivity contribution in [2.24, 2.45) is 5.92 Å². The Labute approximate surface area is 180 Å². The lowest BCUT2D eigenvalue weighted by atomic mass is 9.88. The number of piperidine rings is 1. The molecule has 168 valence electrons. The molecule has 9 heteroatoms. The number of hydrogen-bond acceptors (Lipinski definition) is 5. The van der Waals surface area contributed by atoms with Crippen LogP contribution in [0.2, 0.25) is 0 Å². The summed E-state index contributed by atoms with van der Waals surface area (Å²) in [6.07, 6.45) is 10.0. The average molecular weight is 456 g/mol. The van der Waals surface area contributed by atoms with Gasteiger partial charge in [-0.05, 0) is 81.8 Å². The summed E-state index contributed by atoms with van der Waals surface area (Å²) in [6, 6.07) is 5.43. The quantitative estimate of drug-likeness (QED) is 0.628. The van der Waals surface area contributed by atoms with Gasteiger partial charge in [-0.15, -0.1) is 0 Å². The molecule has 0 radical (unpaired) electrons. The zero-order valence-corrected chi connectivity index (χ0v) is 19.1. The summed E-state index contributed by atoms with van der Waals surface area (Å²) in [5.41, 5.74) is 0. The molecule has 0 spiro atoms. The molecule has 1 saturated heterocycles. The van der Waals surface area contributed by atoms with E-state index in [9.17, 15) is 16.8 Å². The highest BCUT2D eigenvalue weighted by Gasteiger charge is 2.29. The minimum absolute atomic E-state index is 0.0176. The van der Waals surface area contributed by atoms with Crippen LogP contribution in [0.25, 0.3) is 0 Å². The van der Waals surface area contributed by atoms with E-state index in [1.165, 1.54) is 56.4 Å². The summed E-state index contributed by atoms with van der Waals surface area (Å²) in [5, 5.41) is 0. The molecule has 0 unspecified atom stereocenters. The lowest BCUT2D eigenvalue weighted by Gasteiger charge is -2.35. The third-order valence-electron chi connectivity index (χ3n) is 6.49. The Balaban J connectivity index is 1.30. The summed E-state index contributed by atoms with van der Waals surface area (Å²) in [6.45, 7) is 2.99. The predicted molar refractivity (Wildman–Crippen MR) is 116 cm³/mol. The van der Waals surface area contributed by atoms with E-state index in [-0.39, 0.29) is 21.9 Å². The normalized spacial score (nSPS) is 22.9. The van der Waals surface area contributed by atoms with Crippen LogP contribution in [-0.4, -0.2) is 53.5 Å². The van der Waals surface area contributed by atoms with Gasteiger partial charge in [-0.2, -0.15) is 0 Å². The Hall–Kier alpha value is -1.00. The first-order valence-corrected chi connectivity index (χ1v) is 14.2. The van der Waals surface area contributed by atoms with Crippen molar-refractivity contribution in [2.75, 3.05) is 19.6 Å². The second kappa shape index (κ2) is 9.24. The predicted octanol–water partition coefficient (Wildman–Crippen LogP) is 2.45. The molecular formula is C21H33N3O4S2. The third-order valence-corrected chi connectivity index (χ3v) is 9.57. The van der Waals surface area contributed by atoms with Crippen LogP contribution in [0.3, 0.4) is 0 Å². The van der Waals surface area contributed by atoms with Gasteiger partial charge in [-0.1, -0.05) is 19.3 Å². The fourth-order valence-corrected chi connectivity index (χ4v) is 7.15. The van der Waals surface area contributed by atoms with E-state index in [1.54, 1.807) is 0 Å². The first-order chi connectivity index (χ1) is 14.3. The summed E-state index contributed by atoms with van der Waals surface area (Å²) >= 11 is 0. The first kappa shape index (κ1) is 22.2. The Morgan fingerprint density at radius 3 is 1.63 bits per heavy atom. The van der Waals surface area contributed by atoms with Gasteiger partial charge in [0.2, 0.25) is 20.0 Å². The van der Waals surface area contributed by atoms with E-state index >= 15 is 0 Å². The molecule has 0 amide bonds. The van der Waals surface area contributed by atoms with E-state index in [0.717, 1.165) is 51.2 Å². The number of likely N-dealkylation sites (tertiary alicyclic amines) is 1. The molecule has 7 nitrogen and oxygen atoms in total. The number of rotatable bonds is 8. The maximum absolute atomic E-state index is 12.8. The summed E-state index contributed by atoms with van der Waals surface area (Å²) < 4.78 is 55.4. The van der Waals surface area contributed by atoms with Crippen molar-refractivity contribution in [1.82, 2.24) is 14.3 Å². The highest BCUT2D eigenvalue weighted by Crippen LogP contribution is 2.26. The minimum atomic E-state index is -3.66. The molecule has 2 saturated carbocycles. The van der Waals surface area contributed by atoms with Crippen LogP contribution in [0.15, 0.2) is 34.1 Å². The Kier molecular flexibility index (Phi) is 6.84. The molecule has 4 rings (SSSR count). The second-order valence-electron chi connectivity index (χ2n) is 9.07. The highest BCUT2D eigenvalue weighted by atomic mass is 32.2.